The molecular formula is C19H32N2O6S. The number of carbonyl (C=O) groups excluding carboxylic acids is 5. The Morgan fingerprint density at radius 2 is 1.50 bits per heavy atom. The molecule has 160 valence electrons. The Balaban J connectivity index is 5.21. The lowest BCUT2D eigenvalue weighted by Crippen LogP contribution is -2.54. The van der Waals surface area contributed by atoms with E-state index in [0.717, 1.165) is 0 Å². The van der Waals surface area contributed by atoms with E-state index < -0.39 is 34.6 Å². The van der Waals surface area contributed by atoms with Crippen molar-refractivity contribution in [3.8, 4) is 0 Å². The fourth-order valence-corrected chi connectivity index (χ4v) is 3.10. The van der Waals surface area contributed by atoms with Gasteiger partial charge in [0.25, 0.3) is 5.12 Å². The minimum Gasteiger partial charge on any atom is -0.463 e. The van der Waals surface area contributed by atoms with E-state index in [1.165, 1.54) is 0 Å². The summed E-state index contributed by atoms with van der Waals surface area (Å²) < 4.78 is 4.86. The van der Waals surface area contributed by atoms with Crippen molar-refractivity contribution in [3.05, 3.63) is 0 Å². The van der Waals surface area contributed by atoms with Gasteiger partial charge < -0.3 is 15.0 Å². The molecule has 0 aromatic rings. The Morgan fingerprint density at radius 1 is 0.964 bits per heavy atom. The smallest absolute Gasteiger partial charge is 0.314 e. The zero-order chi connectivity index (χ0) is 22.0. The zero-order valence-electron chi connectivity index (χ0n) is 17.7. The second-order valence-electron chi connectivity index (χ2n) is 6.90. The molecule has 0 heterocycles. The summed E-state index contributed by atoms with van der Waals surface area (Å²) in [4.78, 5) is 62.2. The summed E-state index contributed by atoms with van der Waals surface area (Å²) in [6.45, 7) is 12.8. The normalized spacial score (nSPS) is 13.0. The van der Waals surface area contributed by atoms with Crippen molar-refractivity contribution in [1.29, 1.82) is 0 Å². The molecule has 0 saturated heterocycles. The molecule has 0 radical (unpaired) electrons. The first-order valence-electron chi connectivity index (χ1n) is 9.46. The van der Waals surface area contributed by atoms with Crippen LogP contribution in [0.15, 0.2) is 0 Å². The van der Waals surface area contributed by atoms with Crippen LogP contribution in [0.1, 0.15) is 54.9 Å². The molecule has 0 spiro atoms. The van der Waals surface area contributed by atoms with Crippen LogP contribution in [0.3, 0.4) is 0 Å². The summed E-state index contributed by atoms with van der Waals surface area (Å²) in [6, 6.07) is -0.959. The van der Waals surface area contributed by atoms with Crippen molar-refractivity contribution < 1.29 is 28.7 Å². The van der Waals surface area contributed by atoms with Gasteiger partial charge in [-0.25, -0.2) is 0 Å². The predicted octanol–water partition coefficient (Wildman–Crippen LogP) is 1.55. The van der Waals surface area contributed by atoms with Gasteiger partial charge in [0.1, 0.15) is 12.5 Å². The third kappa shape index (κ3) is 8.86. The van der Waals surface area contributed by atoms with Crippen LogP contribution in [0.25, 0.3) is 0 Å². The molecule has 2 amide bonds. The van der Waals surface area contributed by atoms with Gasteiger partial charge in [-0.2, -0.15) is 0 Å². The van der Waals surface area contributed by atoms with Gasteiger partial charge in [0, 0.05) is 24.3 Å². The van der Waals surface area contributed by atoms with E-state index in [-0.39, 0.29) is 23.8 Å². The Hall–Kier alpha value is -1.90. The highest BCUT2D eigenvalue weighted by molar-refractivity contribution is 8.16. The van der Waals surface area contributed by atoms with Crippen LogP contribution in [0.4, 0.5) is 0 Å². The SMILES string of the molecule is CCN(CC)C(=O)C(NC(=O)C(C)C)C(C)SC(=O)C(=O)CC(=O)OC(C)C. The Kier molecular flexibility index (Phi) is 11.7. The van der Waals surface area contributed by atoms with E-state index in [1.54, 1.807) is 39.5 Å². The van der Waals surface area contributed by atoms with Gasteiger partial charge in [0.15, 0.2) is 0 Å². The van der Waals surface area contributed by atoms with Crippen LogP contribution >= 0.6 is 11.8 Å². The highest BCUT2D eigenvalue weighted by Gasteiger charge is 2.33. The molecule has 28 heavy (non-hydrogen) atoms. The van der Waals surface area contributed by atoms with Gasteiger partial charge in [-0.1, -0.05) is 32.5 Å². The van der Waals surface area contributed by atoms with Gasteiger partial charge in [0.2, 0.25) is 17.6 Å². The summed E-state index contributed by atoms with van der Waals surface area (Å²) in [7, 11) is 0. The highest BCUT2D eigenvalue weighted by Crippen LogP contribution is 2.19. The monoisotopic (exact) mass is 416 g/mol. The van der Waals surface area contributed by atoms with Crippen molar-refractivity contribution in [2.75, 3.05) is 13.1 Å². The van der Waals surface area contributed by atoms with Crippen LogP contribution in [-0.4, -0.2) is 64.1 Å². The molecule has 1 N–H and O–H groups in total. The maximum absolute atomic E-state index is 12.8. The number of hydrogen-bond acceptors (Lipinski definition) is 7. The molecule has 0 aromatic heterocycles. The first-order valence-corrected chi connectivity index (χ1v) is 10.3. The second kappa shape index (κ2) is 12.5. The van der Waals surface area contributed by atoms with Gasteiger partial charge in [-0.05, 0) is 27.7 Å². The van der Waals surface area contributed by atoms with Crippen LogP contribution in [0.5, 0.6) is 0 Å². The average molecular weight is 417 g/mol. The quantitative estimate of drug-likeness (QED) is 0.309. The molecule has 0 aliphatic carbocycles. The largest absolute Gasteiger partial charge is 0.463 e. The molecule has 9 heteroatoms. The first kappa shape index (κ1) is 26.1. The number of amides is 2. The van der Waals surface area contributed by atoms with E-state index in [2.05, 4.69) is 5.32 Å². The number of ketones is 1. The lowest BCUT2D eigenvalue weighted by Gasteiger charge is -2.29. The van der Waals surface area contributed by atoms with E-state index in [1.807, 2.05) is 13.8 Å². The zero-order valence-corrected chi connectivity index (χ0v) is 18.6. The maximum Gasteiger partial charge on any atom is 0.314 e. The number of thioether (sulfide) groups is 1. The van der Waals surface area contributed by atoms with Crippen molar-refractivity contribution in [2.24, 2.45) is 5.92 Å². The first-order chi connectivity index (χ1) is 12.9. The molecule has 0 aliphatic heterocycles. The molecule has 8 nitrogen and oxygen atoms in total. The lowest BCUT2D eigenvalue weighted by molar-refractivity contribution is -0.150. The highest BCUT2D eigenvalue weighted by atomic mass is 32.2. The lowest BCUT2D eigenvalue weighted by atomic mass is 10.1. The number of Topliss-reactive ketones (excluding diaryl/α,β-unsaturated/α-hetero) is 1. The summed E-state index contributed by atoms with van der Waals surface area (Å²) >= 11 is 0.639. The summed E-state index contributed by atoms with van der Waals surface area (Å²) in [5.74, 6) is -2.65. The number of nitrogens with one attached hydrogen (secondary N) is 1. The van der Waals surface area contributed by atoms with E-state index in [9.17, 15) is 24.0 Å². The second-order valence-corrected chi connectivity index (χ2v) is 8.25. The number of ether oxygens (including phenoxy) is 1. The molecule has 0 bridgehead atoms. The fourth-order valence-electron chi connectivity index (χ4n) is 2.24. The summed E-state index contributed by atoms with van der Waals surface area (Å²) in [5.41, 5.74) is 0. The number of hydrogen-bond donors (Lipinski definition) is 1. The molecular weight excluding hydrogens is 384 g/mol. The van der Waals surface area contributed by atoms with Gasteiger partial charge in [0.05, 0.1) is 6.10 Å². The summed E-state index contributed by atoms with van der Waals surface area (Å²) in [6.07, 6.45) is -1.03. The van der Waals surface area contributed by atoms with Crippen LogP contribution < -0.4 is 5.32 Å². The summed E-state index contributed by atoms with van der Waals surface area (Å²) in [5, 5.41) is 1.14. The van der Waals surface area contributed by atoms with Crippen LogP contribution in [0.2, 0.25) is 0 Å². The Labute approximate surface area is 171 Å². The molecule has 2 atom stereocenters. The fraction of sp³-hybridized carbons (Fsp3) is 0.737. The number of likely N-dealkylation sites (N-methyl/N-ethyl adjacent to an activating group) is 1. The van der Waals surface area contributed by atoms with Crippen LogP contribution in [0, 0.1) is 5.92 Å². The third-order valence-corrected chi connectivity index (χ3v) is 4.91. The molecule has 0 aliphatic rings. The van der Waals surface area contributed by atoms with Crippen molar-refractivity contribution in [1.82, 2.24) is 10.2 Å². The molecule has 0 saturated carbocycles. The molecule has 0 aromatic carbocycles. The van der Waals surface area contributed by atoms with Crippen LogP contribution in [-0.2, 0) is 28.7 Å². The third-order valence-electron chi connectivity index (χ3n) is 3.83. The standard InChI is InChI=1S/C19H32N2O6S/c1-8-21(9-2)18(25)16(20-17(24)11(3)4)13(7)28-19(26)14(22)10-15(23)27-12(5)6/h11-13,16H,8-10H2,1-7H3,(H,20,24). The number of nitrogens with zero attached hydrogens (tertiary/aromatic N) is 1. The average Bonchev–Trinajstić information content (AvgIpc) is 2.58. The minimum atomic E-state index is -0.959. The molecule has 0 rings (SSSR count). The van der Waals surface area contributed by atoms with E-state index >= 15 is 0 Å². The molecule has 0 fully saturated rings. The van der Waals surface area contributed by atoms with Gasteiger partial charge in [-0.15, -0.1) is 0 Å². The van der Waals surface area contributed by atoms with E-state index in [0.29, 0.717) is 24.9 Å². The Bertz CT molecular complexity index is 587. The minimum absolute atomic E-state index is 0.321. The molecule has 2 unspecified atom stereocenters. The number of esters is 1. The van der Waals surface area contributed by atoms with Gasteiger partial charge >= 0.3 is 5.97 Å². The topological polar surface area (TPSA) is 110 Å². The van der Waals surface area contributed by atoms with Crippen molar-refractivity contribution >= 4 is 40.4 Å². The predicted molar refractivity (Wildman–Crippen MR) is 108 cm³/mol. The number of carbonyl (C=O) groups is 5. The van der Waals surface area contributed by atoms with E-state index in [4.69, 9.17) is 4.74 Å². The maximum atomic E-state index is 12.8. The van der Waals surface area contributed by atoms with Crippen molar-refractivity contribution in [2.45, 2.75) is 72.3 Å². The van der Waals surface area contributed by atoms with Gasteiger partial charge in [-0.3, -0.25) is 24.0 Å². The Morgan fingerprint density at radius 3 is 1.93 bits per heavy atom. The number of rotatable bonds is 11. The van der Waals surface area contributed by atoms with Crippen molar-refractivity contribution in [3.63, 3.8) is 0 Å².